The molecule has 0 N–H and O–H groups in total. The normalized spacial score (nSPS) is 20.1. The predicted molar refractivity (Wildman–Crippen MR) is 102 cm³/mol. The Balaban J connectivity index is 2.49. The van der Waals surface area contributed by atoms with Gasteiger partial charge in [0.2, 0.25) is 0 Å². The Labute approximate surface area is 137 Å². The fourth-order valence-electron chi connectivity index (χ4n) is 3.38. The summed E-state index contributed by atoms with van der Waals surface area (Å²) in [6.07, 6.45) is 5.12. The molecule has 0 fully saturated rings. The molecule has 0 nitrogen and oxygen atoms in total. The van der Waals surface area contributed by atoms with Crippen LogP contribution in [0.5, 0.6) is 0 Å². The second-order valence-electron chi connectivity index (χ2n) is 7.57. The summed E-state index contributed by atoms with van der Waals surface area (Å²) in [7, 11) is -1.51. The average molecular weight is 337 g/mol. The molecule has 0 saturated heterocycles. The third-order valence-electron chi connectivity index (χ3n) is 5.52. The molecule has 0 aromatic heterocycles. The molecule has 1 aromatic rings. The van der Waals surface area contributed by atoms with Gasteiger partial charge in [0.25, 0.3) is 0 Å². The van der Waals surface area contributed by atoms with Crippen LogP contribution in [0, 0.1) is 5.92 Å². The zero-order chi connectivity index (χ0) is 15.8. The third kappa shape index (κ3) is 3.08. The fraction of sp³-hybridized carbons (Fsp3) is 0.556. The minimum absolute atomic E-state index is 0.599. The first-order valence-electron chi connectivity index (χ1n) is 8.20. The fourth-order valence-corrected chi connectivity index (χ4v) is 9.73. The van der Waals surface area contributed by atoms with Crippen molar-refractivity contribution >= 4 is 31.1 Å². The molecule has 0 saturated carbocycles. The molecular formula is C18H29ClSi2. The van der Waals surface area contributed by atoms with Crippen LogP contribution in [-0.4, -0.2) is 14.5 Å². The van der Waals surface area contributed by atoms with Crippen LogP contribution in [0.1, 0.15) is 43.4 Å². The highest BCUT2D eigenvalue weighted by Gasteiger charge is 2.48. The van der Waals surface area contributed by atoms with Crippen molar-refractivity contribution < 1.29 is 0 Å². The van der Waals surface area contributed by atoms with E-state index in [2.05, 4.69) is 70.4 Å². The van der Waals surface area contributed by atoms with Crippen molar-refractivity contribution in [1.82, 2.24) is 0 Å². The molecular weight excluding hydrogens is 308 g/mol. The van der Waals surface area contributed by atoms with Crippen LogP contribution < -0.4 is 0 Å². The summed E-state index contributed by atoms with van der Waals surface area (Å²) in [5.41, 5.74) is 5.22. The van der Waals surface area contributed by atoms with Gasteiger partial charge in [0.15, 0.2) is 0 Å². The summed E-state index contributed by atoms with van der Waals surface area (Å²) in [6.45, 7) is 12.7. The number of rotatable bonds is 5. The smallest absolute Gasteiger partial charge is 0.141 e. The van der Waals surface area contributed by atoms with Crippen molar-refractivity contribution in [2.75, 3.05) is 0 Å². The Kier molecular flexibility index (Phi) is 4.92. The summed E-state index contributed by atoms with van der Waals surface area (Å²) in [5, 5.41) is 0. The van der Waals surface area contributed by atoms with Crippen LogP contribution in [0.15, 0.2) is 30.3 Å². The van der Waals surface area contributed by atoms with Crippen LogP contribution in [0.25, 0.3) is 5.57 Å². The quantitative estimate of drug-likeness (QED) is 0.432. The van der Waals surface area contributed by atoms with E-state index < -0.39 is 14.5 Å². The van der Waals surface area contributed by atoms with E-state index in [9.17, 15) is 0 Å². The molecule has 0 bridgehead atoms. The molecule has 1 aromatic carbocycles. The zero-order valence-corrected chi connectivity index (χ0v) is 17.1. The van der Waals surface area contributed by atoms with Crippen LogP contribution >= 0.6 is 11.1 Å². The lowest BCUT2D eigenvalue weighted by atomic mass is 9.92. The van der Waals surface area contributed by atoms with Gasteiger partial charge in [0.1, 0.15) is 6.90 Å². The van der Waals surface area contributed by atoms with E-state index in [0.29, 0.717) is 11.5 Å². The van der Waals surface area contributed by atoms with Gasteiger partial charge in [-0.3, -0.25) is 0 Å². The third-order valence-corrected chi connectivity index (χ3v) is 25.1. The lowest BCUT2D eigenvalue weighted by molar-refractivity contribution is 0.650. The monoisotopic (exact) mass is 336 g/mol. The zero-order valence-electron chi connectivity index (χ0n) is 14.3. The summed E-state index contributed by atoms with van der Waals surface area (Å²) in [6, 6.07) is 9.04. The molecule has 0 spiro atoms. The van der Waals surface area contributed by atoms with E-state index in [4.69, 9.17) is 11.1 Å². The van der Waals surface area contributed by atoms with Gasteiger partial charge in [-0.2, -0.15) is 11.1 Å². The van der Waals surface area contributed by atoms with E-state index in [0.717, 1.165) is 0 Å². The highest BCUT2D eigenvalue weighted by Crippen LogP contribution is 2.47. The lowest BCUT2D eigenvalue weighted by Crippen LogP contribution is -2.54. The number of hydrogen-bond donors (Lipinski definition) is 0. The first-order chi connectivity index (χ1) is 9.70. The molecule has 0 radical (unpaired) electrons. The van der Waals surface area contributed by atoms with Crippen molar-refractivity contribution in [3.05, 3.63) is 41.5 Å². The molecule has 0 aliphatic heterocycles. The maximum Gasteiger partial charge on any atom is 0.141 e. The summed E-state index contributed by atoms with van der Waals surface area (Å²) < 4.78 is 0. The van der Waals surface area contributed by atoms with Crippen molar-refractivity contribution in [1.29, 1.82) is 0 Å². The van der Waals surface area contributed by atoms with Gasteiger partial charge in [0.05, 0.1) is 7.59 Å². The number of hydrogen-bond acceptors (Lipinski definition) is 0. The number of fused-ring (bicyclic) bond motifs is 1. The van der Waals surface area contributed by atoms with Gasteiger partial charge in [-0.05, 0) is 34.6 Å². The predicted octanol–water partition coefficient (Wildman–Crippen LogP) is 6.37. The van der Waals surface area contributed by atoms with Crippen molar-refractivity contribution in [3.8, 4) is 0 Å². The second-order valence-corrected chi connectivity index (χ2v) is 26.0. The minimum atomic E-state index is -1.63. The highest BCUT2D eigenvalue weighted by molar-refractivity contribution is 7.58. The number of halogens is 1. The van der Waals surface area contributed by atoms with E-state index >= 15 is 0 Å². The van der Waals surface area contributed by atoms with Gasteiger partial charge in [-0.1, -0.05) is 76.8 Å². The van der Waals surface area contributed by atoms with E-state index in [1.54, 1.807) is 11.1 Å². The molecule has 116 valence electrons. The summed E-state index contributed by atoms with van der Waals surface area (Å²) in [4.78, 5) is 0. The lowest BCUT2D eigenvalue weighted by Gasteiger charge is -2.38. The first-order valence-corrected chi connectivity index (χ1v) is 16.3. The number of benzene rings is 1. The molecule has 0 heterocycles. The Bertz CT molecular complexity index is 540. The Morgan fingerprint density at radius 2 is 1.76 bits per heavy atom. The van der Waals surface area contributed by atoms with Gasteiger partial charge in [0, 0.05) is 0 Å². The van der Waals surface area contributed by atoms with Gasteiger partial charge in [-0.15, -0.1) is 0 Å². The van der Waals surface area contributed by atoms with Crippen LogP contribution in [-0.2, 0) is 0 Å². The highest BCUT2D eigenvalue weighted by atomic mass is 35.6. The van der Waals surface area contributed by atoms with Crippen LogP contribution in [0.4, 0.5) is 0 Å². The summed E-state index contributed by atoms with van der Waals surface area (Å²) in [5.74, 6) is 0.658. The Morgan fingerprint density at radius 1 is 1.14 bits per heavy atom. The molecule has 2 unspecified atom stereocenters. The molecule has 3 heteroatoms. The SMILES string of the molecule is CCCC(C)C1=CC([Si](C)(C)[Si](C)(C)Cl)c2ccccc21. The average Bonchev–Trinajstić information content (AvgIpc) is 2.77. The van der Waals surface area contributed by atoms with Crippen molar-refractivity contribution in [2.24, 2.45) is 5.92 Å². The van der Waals surface area contributed by atoms with Gasteiger partial charge < -0.3 is 0 Å². The molecule has 2 rings (SSSR count). The second kappa shape index (κ2) is 6.06. The largest absolute Gasteiger partial charge is 0.171 e. The van der Waals surface area contributed by atoms with Crippen molar-refractivity contribution in [2.45, 2.75) is 58.4 Å². The molecule has 2 atom stereocenters. The molecule has 0 amide bonds. The maximum absolute atomic E-state index is 6.93. The van der Waals surface area contributed by atoms with E-state index in [-0.39, 0.29) is 0 Å². The first kappa shape index (κ1) is 17.0. The van der Waals surface area contributed by atoms with E-state index in [1.807, 2.05) is 0 Å². The Morgan fingerprint density at radius 3 is 2.33 bits per heavy atom. The number of allylic oxidation sites excluding steroid dienone is 2. The molecule has 1 aliphatic rings. The van der Waals surface area contributed by atoms with Crippen LogP contribution in [0.2, 0.25) is 26.2 Å². The van der Waals surface area contributed by atoms with Gasteiger partial charge >= 0.3 is 0 Å². The maximum atomic E-state index is 6.93. The topological polar surface area (TPSA) is 0 Å². The molecule has 21 heavy (non-hydrogen) atoms. The molecule has 1 aliphatic carbocycles. The minimum Gasteiger partial charge on any atom is -0.171 e. The Hall–Kier alpha value is -0.316. The van der Waals surface area contributed by atoms with Crippen LogP contribution in [0.3, 0.4) is 0 Å². The summed E-state index contributed by atoms with van der Waals surface area (Å²) >= 11 is 6.93. The standard InChI is InChI=1S/C18H29ClSi2/c1-7-10-14(2)17-13-18(20(3,4)21(5,6)19)16-12-9-8-11-15(16)17/h8-9,11-14,18H,7,10H2,1-6H3. The van der Waals surface area contributed by atoms with E-state index in [1.165, 1.54) is 18.4 Å². The van der Waals surface area contributed by atoms with Crippen molar-refractivity contribution in [3.63, 3.8) is 0 Å². The van der Waals surface area contributed by atoms with Gasteiger partial charge in [-0.25, -0.2) is 0 Å².